The lowest BCUT2D eigenvalue weighted by atomic mass is 9.90. The van der Waals surface area contributed by atoms with Crippen LogP contribution < -0.4 is 0 Å². The van der Waals surface area contributed by atoms with E-state index in [-0.39, 0.29) is 0 Å². The molecule has 1 unspecified atom stereocenters. The molecule has 0 spiro atoms. The monoisotopic (exact) mass is 253 g/mol. The minimum Gasteiger partial charge on any atom is -0.480 e. The van der Waals surface area contributed by atoms with Crippen LogP contribution >= 0.6 is 11.6 Å². The van der Waals surface area contributed by atoms with E-state index in [9.17, 15) is 9.90 Å². The third-order valence-electron chi connectivity index (χ3n) is 3.55. The van der Waals surface area contributed by atoms with Gasteiger partial charge in [-0.05, 0) is 38.9 Å². The fraction of sp³-hybridized carbons (Fsp3) is 0.462. The van der Waals surface area contributed by atoms with Crippen molar-refractivity contribution in [1.82, 2.24) is 4.90 Å². The highest BCUT2D eigenvalue weighted by Gasteiger charge is 2.43. The third-order valence-corrected chi connectivity index (χ3v) is 3.88. The Labute approximate surface area is 106 Å². The Hall–Kier alpha value is -1.06. The molecule has 0 aliphatic carbocycles. The first-order valence-corrected chi connectivity index (χ1v) is 6.18. The minimum absolute atomic E-state index is 0.518. The largest absolute Gasteiger partial charge is 0.480 e. The van der Waals surface area contributed by atoms with Crippen molar-refractivity contribution in [2.75, 3.05) is 13.1 Å². The SMILES string of the molecule is CC(C(=O)O)(c1ccccc1Cl)N1CCCC1. The average molecular weight is 254 g/mol. The van der Waals surface area contributed by atoms with Gasteiger partial charge in [0, 0.05) is 10.6 Å². The van der Waals surface area contributed by atoms with Crippen LogP contribution in [0.2, 0.25) is 5.02 Å². The van der Waals surface area contributed by atoms with Crippen molar-refractivity contribution in [2.45, 2.75) is 25.3 Å². The highest BCUT2D eigenvalue weighted by Crippen LogP contribution is 2.35. The summed E-state index contributed by atoms with van der Waals surface area (Å²) >= 11 is 6.14. The molecule has 1 aliphatic heterocycles. The molecule has 92 valence electrons. The second-order valence-electron chi connectivity index (χ2n) is 4.55. The van der Waals surface area contributed by atoms with Crippen LogP contribution in [0.3, 0.4) is 0 Å². The fourth-order valence-corrected chi connectivity index (χ4v) is 2.76. The number of carbonyl (C=O) groups is 1. The molecule has 1 aromatic rings. The number of carboxylic acid groups (broad SMARTS) is 1. The molecule has 0 radical (unpaired) electrons. The Bertz CT molecular complexity index is 429. The number of benzene rings is 1. The van der Waals surface area contributed by atoms with Crippen LogP contribution in [-0.2, 0) is 10.3 Å². The van der Waals surface area contributed by atoms with Crippen molar-refractivity contribution in [3.05, 3.63) is 34.9 Å². The minimum atomic E-state index is -1.02. The Morgan fingerprint density at radius 1 is 1.35 bits per heavy atom. The first-order chi connectivity index (χ1) is 8.06. The quantitative estimate of drug-likeness (QED) is 0.901. The zero-order valence-corrected chi connectivity index (χ0v) is 10.6. The predicted octanol–water partition coefficient (Wildman–Crippen LogP) is 2.74. The van der Waals surface area contributed by atoms with Crippen molar-refractivity contribution < 1.29 is 9.90 Å². The van der Waals surface area contributed by atoms with Gasteiger partial charge >= 0.3 is 5.97 Å². The first-order valence-electron chi connectivity index (χ1n) is 5.80. The number of likely N-dealkylation sites (tertiary alicyclic amines) is 1. The summed E-state index contributed by atoms with van der Waals surface area (Å²) in [6.07, 6.45) is 2.10. The van der Waals surface area contributed by atoms with Gasteiger partial charge in [0.15, 0.2) is 0 Å². The van der Waals surface area contributed by atoms with Crippen LogP contribution in [0.1, 0.15) is 25.3 Å². The van der Waals surface area contributed by atoms with E-state index in [1.54, 1.807) is 19.1 Å². The number of carboxylic acids is 1. The molecule has 1 heterocycles. The normalized spacial score (nSPS) is 20.1. The summed E-state index contributed by atoms with van der Waals surface area (Å²) < 4.78 is 0. The van der Waals surface area contributed by atoms with Crippen LogP contribution in [0.25, 0.3) is 0 Å². The molecule has 1 aliphatic rings. The number of hydrogen-bond donors (Lipinski definition) is 1. The summed E-state index contributed by atoms with van der Waals surface area (Å²) in [5.74, 6) is -0.840. The smallest absolute Gasteiger partial charge is 0.328 e. The summed E-state index contributed by atoms with van der Waals surface area (Å²) in [6.45, 7) is 3.36. The van der Waals surface area contributed by atoms with E-state index < -0.39 is 11.5 Å². The van der Waals surface area contributed by atoms with Gasteiger partial charge in [-0.25, -0.2) is 4.79 Å². The van der Waals surface area contributed by atoms with E-state index in [4.69, 9.17) is 11.6 Å². The maximum Gasteiger partial charge on any atom is 0.328 e. The number of aliphatic carboxylic acids is 1. The second kappa shape index (κ2) is 4.67. The Balaban J connectivity index is 2.47. The molecule has 4 heteroatoms. The van der Waals surface area contributed by atoms with Gasteiger partial charge in [-0.1, -0.05) is 29.8 Å². The van der Waals surface area contributed by atoms with Crippen LogP contribution in [0.15, 0.2) is 24.3 Å². The molecule has 0 aromatic heterocycles. The van der Waals surface area contributed by atoms with E-state index in [0.717, 1.165) is 25.9 Å². The highest BCUT2D eigenvalue weighted by atomic mass is 35.5. The van der Waals surface area contributed by atoms with Crippen LogP contribution in [0.5, 0.6) is 0 Å². The molecular weight excluding hydrogens is 238 g/mol. The predicted molar refractivity (Wildman–Crippen MR) is 67.2 cm³/mol. The summed E-state index contributed by atoms with van der Waals surface area (Å²) in [4.78, 5) is 13.7. The zero-order valence-electron chi connectivity index (χ0n) is 9.82. The number of nitrogens with zero attached hydrogens (tertiary/aromatic N) is 1. The van der Waals surface area contributed by atoms with Crippen molar-refractivity contribution in [3.63, 3.8) is 0 Å². The highest BCUT2D eigenvalue weighted by molar-refractivity contribution is 6.31. The third kappa shape index (κ3) is 2.05. The Kier molecular flexibility index (Phi) is 3.40. The van der Waals surface area contributed by atoms with E-state index in [0.29, 0.717) is 10.6 Å². The van der Waals surface area contributed by atoms with Crippen LogP contribution in [0.4, 0.5) is 0 Å². The van der Waals surface area contributed by atoms with E-state index >= 15 is 0 Å². The molecule has 0 bridgehead atoms. The van der Waals surface area contributed by atoms with Crippen molar-refractivity contribution in [2.24, 2.45) is 0 Å². The van der Waals surface area contributed by atoms with Gasteiger partial charge < -0.3 is 5.11 Å². The molecule has 0 saturated carbocycles. The fourth-order valence-electron chi connectivity index (χ4n) is 2.44. The molecule has 1 fully saturated rings. The molecule has 1 saturated heterocycles. The summed E-state index contributed by atoms with van der Waals surface area (Å²) in [5.41, 5.74) is -0.342. The van der Waals surface area contributed by atoms with Gasteiger partial charge in [0.25, 0.3) is 0 Å². The Morgan fingerprint density at radius 3 is 2.47 bits per heavy atom. The van der Waals surface area contributed by atoms with E-state index in [1.165, 1.54) is 0 Å². The van der Waals surface area contributed by atoms with Crippen molar-refractivity contribution >= 4 is 17.6 Å². The molecule has 2 rings (SSSR count). The maximum atomic E-state index is 11.7. The van der Waals surface area contributed by atoms with Gasteiger partial charge in [0.2, 0.25) is 0 Å². The lowest BCUT2D eigenvalue weighted by molar-refractivity contribution is -0.150. The van der Waals surface area contributed by atoms with Crippen molar-refractivity contribution in [1.29, 1.82) is 0 Å². The topological polar surface area (TPSA) is 40.5 Å². The maximum absolute atomic E-state index is 11.7. The molecule has 1 N–H and O–H groups in total. The first kappa shape index (κ1) is 12.4. The van der Waals surface area contributed by atoms with Gasteiger partial charge in [0.05, 0.1) is 0 Å². The molecular formula is C13H16ClNO2. The summed E-state index contributed by atoms with van der Waals surface area (Å²) in [7, 11) is 0. The van der Waals surface area contributed by atoms with E-state index in [1.807, 2.05) is 17.0 Å². The second-order valence-corrected chi connectivity index (χ2v) is 4.96. The summed E-state index contributed by atoms with van der Waals surface area (Å²) in [5, 5.41) is 10.1. The molecule has 0 amide bonds. The van der Waals surface area contributed by atoms with Crippen LogP contribution in [0, 0.1) is 0 Å². The van der Waals surface area contributed by atoms with Gasteiger partial charge in [0.1, 0.15) is 5.54 Å². The number of halogens is 1. The lowest BCUT2D eigenvalue weighted by Crippen LogP contribution is -2.48. The van der Waals surface area contributed by atoms with Crippen molar-refractivity contribution in [3.8, 4) is 0 Å². The average Bonchev–Trinajstić information content (AvgIpc) is 2.82. The standard InChI is InChI=1S/C13H16ClNO2/c1-13(12(16)17,15-8-4-5-9-15)10-6-2-3-7-11(10)14/h2-3,6-7H,4-5,8-9H2,1H3,(H,16,17). The van der Waals surface area contributed by atoms with E-state index in [2.05, 4.69) is 0 Å². The van der Waals surface area contributed by atoms with Gasteiger partial charge in [-0.15, -0.1) is 0 Å². The molecule has 1 atom stereocenters. The zero-order chi connectivity index (χ0) is 12.5. The van der Waals surface area contributed by atoms with Gasteiger partial charge in [-0.3, -0.25) is 4.90 Å². The molecule has 1 aromatic carbocycles. The number of rotatable bonds is 3. The Morgan fingerprint density at radius 2 is 1.94 bits per heavy atom. The lowest BCUT2D eigenvalue weighted by Gasteiger charge is -2.35. The van der Waals surface area contributed by atoms with Crippen LogP contribution in [-0.4, -0.2) is 29.1 Å². The summed E-state index contributed by atoms with van der Waals surface area (Å²) in [6, 6.07) is 7.19. The number of hydrogen-bond acceptors (Lipinski definition) is 2. The van der Waals surface area contributed by atoms with Gasteiger partial charge in [-0.2, -0.15) is 0 Å². The molecule has 17 heavy (non-hydrogen) atoms. The molecule has 3 nitrogen and oxygen atoms in total.